The zero-order chi connectivity index (χ0) is 12.8. The van der Waals surface area contributed by atoms with Gasteiger partial charge in [-0.2, -0.15) is 0 Å². The van der Waals surface area contributed by atoms with Gasteiger partial charge in [-0.25, -0.2) is 0 Å². The van der Waals surface area contributed by atoms with Gasteiger partial charge in [0.15, 0.2) is 0 Å². The van der Waals surface area contributed by atoms with E-state index in [2.05, 4.69) is 0 Å². The van der Waals surface area contributed by atoms with Gasteiger partial charge in [0.25, 0.3) is 0 Å². The first-order valence-electron chi connectivity index (χ1n) is 6.38. The molecule has 1 saturated carbocycles. The van der Waals surface area contributed by atoms with E-state index in [1.807, 2.05) is 37.3 Å². The lowest BCUT2D eigenvalue weighted by Gasteiger charge is -2.40. The average Bonchev–Trinajstić information content (AvgIpc) is 2.64. The largest absolute Gasteiger partial charge is 0.458 e. The Kier molecular flexibility index (Phi) is 2.51. The Bertz CT molecular complexity index is 494. The molecule has 1 aliphatic carbocycles. The highest BCUT2D eigenvalue weighted by Crippen LogP contribution is 2.50. The van der Waals surface area contributed by atoms with Crippen molar-refractivity contribution in [3.8, 4) is 0 Å². The molecule has 2 fully saturated rings. The molecule has 18 heavy (non-hydrogen) atoms. The molecule has 2 aliphatic rings. The van der Waals surface area contributed by atoms with Gasteiger partial charge < -0.3 is 4.74 Å². The number of benzene rings is 1. The first-order valence-corrected chi connectivity index (χ1v) is 6.38. The summed E-state index contributed by atoms with van der Waals surface area (Å²) in [6.45, 7) is 1.98. The first kappa shape index (κ1) is 11.5. The molecule has 3 heteroatoms. The highest BCUT2D eigenvalue weighted by molar-refractivity contribution is 5.84. The molecule has 0 aromatic heterocycles. The molecule has 0 spiro atoms. The van der Waals surface area contributed by atoms with Crippen LogP contribution in [0, 0.1) is 5.92 Å². The molecule has 0 amide bonds. The van der Waals surface area contributed by atoms with Gasteiger partial charge in [0.2, 0.25) is 0 Å². The predicted molar refractivity (Wildman–Crippen MR) is 66.0 cm³/mol. The summed E-state index contributed by atoms with van der Waals surface area (Å²) in [5, 5.41) is 0. The van der Waals surface area contributed by atoms with E-state index in [0.717, 1.165) is 5.56 Å². The topological polar surface area (TPSA) is 43.4 Å². The van der Waals surface area contributed by atoms with Crippen LogP contribution in [0.4, 0.5) is 0 Å². The number of carbonyl (C=O) groups is 2. The normalized spacial score (nSPS) is 35.2. The maximum absolute atomic E-state index is 11.9. The summed E-state index contributed by atoms with van der Waals surface area (Å²) in [4.78, 5) is 23.4. The van der Waals surface area contributed by atoms with Gasteiger partial charge in [-0.3, -0.25) is 9.59 Å². The van der Waals surface area contributed by atoms with E-state index in [-0.39, 0.29) is 23.6 Å². The summed E-state index contributed by atoms with van der Waals surface area (Å²) in [5.74, 6) is 0.107. The van der Waals surface area contributed by atoms with E-state index in [4.69, 9.17) is 4.74 Å². The summed E-state index contributed by atoms with van der Waals surface area (Å²) in [7, 11) is 0. The number of carbonyl (C=O) groups excluding carboxylic acids is 2. The van der Waals surface area contributed by atoms with Crippen LogP contribution < -0.4 is 0 Å². The average molecular weight is 244 g/mol. The van der Waals surface area contributed by atoms with Gasteiger partial charge in [0, 0.05) is 24.7 Å². The first-order chi connectivity index (χ1) is 8.59. The molecule has 1 aromatic rings. The molecule has 0 N–H and O–H groups in total. The monoisotopic (exact) mass is 244 g/mol. The molecule has 3 atom stereocenters. The highest BCUT2D eigenvalue weighted by Gasteiger charge is 2.54. The number of rotatable bonds is 1. The minimum atomic E-state index is -0.508. The summed E-state index contributed by atoms with van der Waals surface area (Å²) >= 11 is 0. The molecule has 0 radical (unpaired) electrons. The molecule has 94 valence electrons. The van der Waals surface area contributed by atoms with Gasteiger partial charge in [-0.15, -0.1) is 0 Å². The Morgan fingerprint density at radius 1 is 1.11 bits per heavy atom. The fourth-order valence-electron chi connectivity index (χ4n) is 3.33. The van der Waals surface area contributed by atoms with Crippen LogP contribution in [0.15, 0.2) is 30.3 Å². The van der Waals surface area contributed by atoms with Crippen molar-refractivity contribution >= 4 is 11.8 Å². The van der Waals surface area contributed by atoms with Crippen molar-refractivity contribution in [1.82, 2.24) is 0 Å². The van der Waals surface area contributed by atoms with Crippen molar-refractivity contribution in [2.24, 2.45) is 5.92 Å². The minimum Gasteiger partial charge on any atom is -0.458 e. The van der Waals surface area contributed by atoms with E-state index in [9.17, 15) is 9.59 Å². The zero-order valence-corrected chi connectivity index (χ0v) is 10.4. The minimum absolute atomic E-state index is 0.00333. The smallest absolute Gasteiger partial charge is 0.306 e. The van der Waals surface area contributed by atoms with Crippen LogP contribution in [0.2, 0.25) is 0 Å². The number of esters is 1. The molecular weight excluding hydrogens is 228 g/mol. The Morgan fingerprint density at radius 2 is 1.83 bits per heavy atom. The van der Waals surface area contributed by atoms with E-state index < -0.39 is 5.60 Å². The third-order valence-electron chi connectivity index (χ3n) is 4.36. The molecule has 0 bridgehead atoms. The predicted octanol–water partition coefficient (Wildman–Crippen LogP) is 2.45. The van der Waals surface area contributed by atoms with Crippen LogP contribution in [-0.4, -0.2) is 17.4 Å². The Labute approximate surface area is 106 Å². The maximum atomic E-state index is 11.9. The van der Waals surface area contributed by atoms with Crippen LogP contribution in [-0.2, 0) is 14.3 Å². The number of hydrogen-bond acceptors (Lipinski definition) is 3. The van der Waals surface area contributed by atoms with Crippen LogP contribution in [0.25, 0.3) is 0 Å². The summed E-state index contributed by atoms with van der Waals surface area (Å²) < 4.78 is 5.58. The lowest BCUT2D eigenvalue weighted by molar-refractivity contribution is -0.153. The van der Waals surface area contributed by atoms with E-state index in [0.29, 0.717) is 19.3 Å². The van der Waals surface area contributed by atoms with Crippen LogP contribution in [0.3, 0.4) is 0 Å². The van der Waals surface area contributed by atoms with Crippen molar-refractivity contribution in [2.45, 2.75) is 37.7 Å². The fourth-order valence-corrected chi connectivity index (χ4v) is 3.33. The molecule has 1 saturated heterocycles. The second-order valence-electron chi connectivity index (χ2n) is 5.47. The molecule has 1 heterocycles. The number of ether oxygens (including phenoxy) is 1. The van der Waals surface area contributed by atoms with Crippen LogP contribution in [0.5, 0.6) is 0 Å². The third kappa shape index (κ3) is 1.65. The van der Waals surface area contributed by atoms with Gasteiger partial charge in [-0.1, -0.05) is 30.3 Å². The molecule has 0 unspecified atom stereocenters. The van der Waals surface area contributed by atoms with Crippen LogP contribution >= 0.6 is 0 Å². The highest BCUT2D eigenvalue weighted by atomic mass is 16.6. The maximum Gasteiger partial charge on any atom is 0.306 e. The van der Waals surface area contributed by atoms with Crippen LogP contribution in [0.1, 0.15) is 37.7 Å². The van der Waals surface area contributed by atoms with E-state index in [1.165, 1.54) is 0 Å². The Hall–Kier alpha value is -1.64. The second kappa shape index (κ2) is 3.94. The lowest BCUT2D eigenvalue weighted by Crippen LogP contribution is -2.44. The number of Topliss-reactive ketones (excluding diaryl/α,β-unsaturated/α-hetero) is 1. The van der Waals surface area contributed by atoms with Crippen molar-refractivity contribution < 1.29 is 14.3 Å². The van der Waals surface area contributed by atoms with Gasteiger partial charge in [0.1, 0.15) is 11.4 Å². The Balaban J connectivity index is 2.01. The molecule has 3 nitrogen and oxygen atoms in total. The molecular formula is C15H16O3. The number of fused-ring (bicyclic) bond motifs is 1. The summed E-state index contributed by atoms with van der Waals surface area (Å²) in [6.07, 6.45) is 1.33. The van der Waals surface area contributed by atoms with E-state index in [1.54, 1.807) is 0 Å². The van der Waals surface area contributed by atoms with Gasteiger partial charge in [-0.05, 0) is 12.5 Å². The van der Waals surface area contributed by atoms with Crippen molar-refractivity contribution in [3.63, 3.8) is 0 Å². The quantitative estimate of drug-likeness (QED) is 0.713. The van der Waals surface area contributed by atoms with Gasteiger partial charge >= 0.3 is 5.97 Å². The lowest BCUT2D eigenvalue weighted by atomic mass is 9.66. The summed E-state index contributed by atoms with van der Waals surface area (Å²) in [6, 6.07) is 9.90. The SMILES string of the molecule is C[C@]12OC(=O)C[C@H]1CC(=O)C[C@H]2c1ccccc1. The molecule has 1 aromatic carbocycles. The van der Waals surface area contributed by atoms with Crippen molar-refractivity contribution in [2.75, 3.05) is 0 Å². The molecule has 3 rings (SSSR count). The third-order valence-corrected chi connectivity index (χ3v) is 4.36. The molecule has 1 aliphatic heterocycles. The number of ketones is 1. The fraction of sp³-hybridized carbons (Fsp3) is 0.467. The Morgan fingerprint density at radius 3 is 2.56 bits per heavy atom. The van der Waals surface area contributed by atoms with Crippen molar-refractivity contribution in [1.29, 1.82) is 0 Å². The van der Waals surface area contributed by atoms with Gasteiger partial charge in [0.05, 0.1) is 6.42 Å². The zero-order valence-electron chi connectivity index (χ0n) is 10.4. The standard InChI is InChI=1S/C15H16O3/c1-15-11(8-14(17)18-15)7-12(16)9-13(15)10-5-3-2-4-6-10/h2-6,11,13H,7-9H2,1H3/t11-,13+,15+/m1/s1. The van der Waals surface area contributed by atoms with Crippen molar-refractivity contribution in [3.05, 3.63) is 35.9 Å². The summed E-state index contributed by atoms with van der Waals surface area (Å²) in [5.41, 5.74) is 0.583. The number of hydrogen-bond donors (Lipinski definition) is 0. The van der Waals surface area contributed by atoms with E-state index >= 15 is 0 Å². The second-order valence-corrected chi connectivity index (χ2v) is 5.47.